The molecule has 2 rings (SSSR count). The van der Waals surface area contributed by atoms with Gasteiger partial charge in [-0.25, -0.2) is 0 Å². The van der Waals surface area contributed by atoms with Gasteiger partial charge in [-0.05, 0) is 32.6 Å². The topological polar surface area (TPSA) is 102 Å². The van der Waals surface area contributed by atoms with Gasteiger partial charge in [-0.15, -0.1) is 0 Å². The summed E-state index contributed by atoms with van der Waals surface area (Å²) in [5, 5.41) is 2.63. The lowest BCUT2D eigenvalue weighted by molar-refractivity contribution is -0.161. The zero-order valence-corrected chi connectivity index (χ0v) is 13.9. The van der Waals surface area contributed by atoms with E-state index in [1.165, 1.54) is 4.90 Å². The smallest absolute Gasteiger partial charge is 0.318 e. The number of hydrogen-bond acceptors (Lipinski definition) is 6. The lowest BCUT2D eigenvalue weighted by atomic mass is 9.97. The van der Waals surface area contributed by atoms with Crippen LogP contribution in [-0.2, 0) is 28.7 Å². The largest absolute Gasteiger partial charge is 0.465 e. The molecule has 8 nitrogen and oxygen atoms in total. The number of nitrogens with one attached hydrogen (secondary N) is 1. The minimum Gasteiger partial charge on any atom is -0.465 e. The van der Waals surface area contributed by atoms with Crippen LogP contribution < -0.4 is 5.32 Å². The third kappa shape index (κ3) is 4.46. The molecule has 0 spiro atoms. The molecule has 8 heteroatoms. The first-order valence-corrected chi connectivity index (χ1v) is 8.44. The van der Waals surface area contributed by atoms with Gasteiger partial charge in [0.05, 0.1) is 13.2 Å². The Morgan fingerprint density at radius 1 is 1.12 bits per heavy atom. The highest BCUT2D eigenvalue weighted by molar-refractivity contribution is 5.99. The van der Waals surface area contributed by atoms with Gasteiger partial charge in [0.15, 0.2) is 0 Å². The fraction of sp³-hybridized carbons (Fsp3) is 0.750. The highest BCUT2D eigenvalue weighted by Crippen LogP contribution is 2.19. The molecule has 2 saturated heterocycles. The van der Waals surface area contributed by atoms with Crippen molar-refractivity contribution in [3.05, 3.63) is 0 Å². The van der Waals surface area contributed by atoms with E-state index in [0.717, 1.165) is 6.42 Å². The van der Waals surface area contributed by atoms with Crippen LogP contribution in [0.4, 0.5) is 0 Å². The number of amides is 2. The van der Waals surface area contributed by atoms with Gasteiger partial charge >= 0.3 is 11.9 Å². The van der Waals surface area contributed by atoms with E-state index in [1.54, 1.807) is 6.92 Å². The van der Waals surface area contributed by atoms with Crippen LogP contribution in [0, 0.1) is 11.8 Å². The van der Waals surface area contributed by atoms with Gasteiger partial charge in [-0.1, -0.05) is 0 Å². The second kappa shape index (κ2) is 8.65. The van der Waals surface area contributed by atoms with Gasteiger partial charge < -0.3 is 19.7 Å². The molecule has 2 unspecified atom stereocenters. The molecular weight excluding hydrogens is 316 g/mol. The number of likely N-dealkylation sites (tertiary alicyclic amines) is 1. The predicted octanol–water partition coefficient (Wildman–Crippen LogP) is -0.142. The first-order chi connectivity index (χ1) is 11.5. The number of esters is 2. The Hall–Kier alpha value is -2.12. The van der Waals surface area contributed by atoms with Crippen molar-refractivity contribution in [2.75, 3.05) is 32.8 Å². The zero-order chi connectivity index (χ0) is 17.5. The molecule has 2 heterocycles. The zero-order valence-electron chi connectivity index (χ0n) is 13.9. The third-order valence-electron chi connectivity index (χ3n) is 4.28. The van der Waals surface area contributed by atoms with Gasteiger partial charge in [-0.3, -0.25) is 19.2 Å². The SMILES string of the molecule is CCOC(=O)C1CCCN(CCOC(=O)C2CCCNC2=O)C1=O. The number of carbonyl (C=O) groups excluding carboxylic acids is 4. The van der Waals surface area contributed by atoms with E-state index in [1.807, 2.05) is 0 Å². The molecule has 0 aliphatic carbocycles. The second-order valence-corrected chi connectivity index (χ2v) is 5.93. The van der Waals surface area contributed by atoms with Gasteiger partial charge in [0, 0.05) is 13.1 Å². The van der Waals surface area contributed by atoms with E-state index in [-0.39, 0.29) is 31.6 Å². The Labute approximate surface area is 140 Å². The van der Waals surface area contributed by atoms with Crippen LogP contribution in [0.25, 0.3) is 0 Å². The maximum absolute atomic E-state index is 12.3. The highest BCUT2D eigenvalue weighted by atomic mass is 16.5. The first-order valence-electron chi connectivity index (χ1n) is 8.44. The van der Waals surface area contributed by atoms with Crippen LogP contribution in [0.3, 0.4) is 0 Å². The minimum atomic E-state index is -0.765. The van der Waals surface area contributed by atoms with Crippen molar-refractivity contribution < 1.29 is 28.7 Å². The summed E-state index contributed by atoms with van der Waals surface area (Å²) in [6, 6.07) is 0. The molecule has 0 radical (unpaired) electrons. The van der Waals surface area contributed by atoms with E-state index in [9.17, 15) is 19.2 Å². The molecule has 2 fully saturated rings. The lowest BCUT2D eigenvalue weighted by Gasteiger charge is -2.31. The van der Waals surface area contributed by atoms with Crippen molar-refractivity contribution in [2.24, 2.45) is 11.8 Å². The summed E-state index contributed by atoms with van der Waals surface area (Å²) in [7, 11) is 0. The van der Waals surface area contributed by atoms with E-state index in [0.29, 0.717) is 32.4 Å². The number of rotatable bonds is 6. The maximum atomic E-state index is 12.3. The quantitative estimate of drug-likeness (QED) is 0.533. The van der Waals surface area contributed by atoms with Crippen LogP contribution >= 0.6 is 0 Å². The number of nitrogens with zero attached hydrogens (tertiary/aromatic N) is 1. The van der Waals surface area contributed by atoms with E-state index >= 15 is 0 Å². The molecule has 134 valence electrons. The number of hydrogen-bond donors (Lipinski definition) is 1. The van der Waals surface area contributed by atoms with Crippen molar-refractivity contribution in [3.8, 4) is 0 Å². The summed E-state index contributed by atoms with van der Waals surface area (Å²) in [6.45, 7) is 3.28. The Morgan fingerprint density at radius 3 is 2.54 bits per heavy atom. The molecule has 0 aromatic rings. The maximum Gasteiger partial charge on any atom is 0.318 e. The average molecular weight is 340 g/mol. The summed E-state index contributed by atoms with van der Waals surface area (Å²) in [4.78, 5) is 49.1. The van der Waals surface area contributed by atoms with E-state index in [2.05, 4.69) is 5.32 Å². The van der Waals surface area contributed by atoms with Crippen molar-refractivity contribution in [1.29, 1.82) is 0 Å². The van der Waals surface area contributed by atoms with Gasteiger partial charge in [-0.2, -0.15) is 0 Å². The van der Waals surface area contributed by atoms with Crippen LogP contribution in [-0.4, -0.2) is 61.5 Å². The Bertz CT molecular complexity index is 507. The third-order valence-corrected chi connectivity index (χ3v) is 4.28. The summed E-state index contributed by atoms with van der Waals surface area (Å²) in [5.41, 5.74) is 0. The van der Waals surface area contributed by atoms with Gasteiger partial charge in [0.25, 0.3) is 0 Å². The van der Waals surface area contributed by atoms with Crippen LogP contribution in [0.15, 0.2) is 0 Å². The molecule has 2 atom stereocenters. The average Bonchev–Trinajstić information content (AvgIpc) is 2.57. The highest BCUT2D eigenvalue weighted by Gasteiger charge is 2.35. The molecule has 2 aliphatic rings. The standard InChI is InChI=1S/C16H24N2O6/c1-2-23-16(22)12-6-4-8-18(14(12)20)9-10-24-15(21)11-5-3-7-17-13(11)19/h11-12H,2-10H2,1H3,(H,17,19). The summed E-state index contributed by atoms with van der Waals surface area (Å²) >= 11 is 0. The number of carbonyl (C=O) groups is 4. The molecule has 2 aliphatic heterocycles. The fourth-order valence-electron chi connectivity index (χ4n) is 2.98. The Morgan fingerprint density at radius 2 is 1.83 bits per heavy atom. The minimum absolute atomic E-state index is 0.0178. The molecular formula is C16H24N2O6. The summed E-state index contributed by atoms with van der Waals surface area (Å²) in [6.07, 6.45) is 2.42. The number of piperidine rings is 2. The van der Waals surface area contributed by atoms with Crippen molar-refractivity contribution in [1.82, 2.24) is 10.2 Å². The fourth-order valence-corrected chi connectivity index (χ4v) is 2.98. The summed E-state index contributed by atoms with van der Waals surface area (Å²) in [5.74, 6) is -3.17. The summed E-state index contributed by atoms with van der Waals surface area (Å²) < 4.78 is 10.1. The monoisotopic (exact) mass is 340 g/mol. The normalized spacial score (nSPS) is 24.3. The van der Waals surface area contributed by atoms with Crippen LogP contribution in [0.2, 0.25) is 0 Å². The molecule has 24 heavy (non-hydrogen) atoms. The molecule has 0 bridgehead atoms. The molecule has 1 N–H and O–H groups in total. The Kier molecular flexibility index (Phi) is 6.57. The molecule has 0 saturated carbocycles. The molecule has 0 aromatic carbocycles. The van der Waals surface area contributed by atoms with Crippen molar-refractivity contribution in [2.45, 2.75) is 32.6 Å². The number of ether oxygens (including phenoxy) is 2. The van der Waals surface area contributed by atoms with Crippen molar-refractivity contribution in [3.63, 3.8) is 0 Å². The van der Waals surface area contributed by atoms with Crippen LogP contribution in [0.5, 0.6) is 0 Å². The molecule has 2 amide bonds. The van der Waals surface area contributed by atoms with Gasteiger partial charge in [0.1, 0.15) is 18.4 Å². The van der Waals surface area contributed by atoms with Crippen molar-refractivity contribution >= 4 is 23.8 Å². The van der Waals surface area contributed by atoms with Crippen LogP contribution in [0.1, 0.15) is 32.6 Å². The second-order valence-electron chi connectivity index (χ2n) is 5.93. The predicted molar refractivity (Wildman–Crippen MR) is 82.6 cm³/mol. The van der Waals surface area contributed by atoms with E-state index in [4.69, 9.17) is 9.47 Å². The lowest BCUT2D eigenvalue weighted by Crippen LogP contribution is -2.46. The van der Waals surface area contributed by atoms with Gasteiger partial charge in [0.2, 0.25) is 11.8 Å². The Balaban J connectivity index is 1.78. The van der Waals surface area contributed by atoms with E-state index < -0.39 is 23.8 Å². The molecule has 0 aromatic heterocycles. The first kappa shape index (κ1) is 18.2.